The average Bonchev–Trinajstić information content (AvgIpc) is 2.68. The maximum atomic E-state index is 10.2. The molecule has 0 spiro atoms. The maximum absolute atomic E-state index is 10.2. The van der Waals surface area contributed by atoms with Crippen LogP contribution in [0.1, 0.15) is 105 Å². The summed E-state index contributed by atoms with van der Waals surface area (Å²) in [6.07, 6.45) is 9.65. The highest BCUT2D eigenvalue weighted by Gasteiger charge is 2.27. The summed E-state index contributed by atoms with van der Waals surface area (Å²) >= 11 is 0. The molecule has 0 aliphatic rings. The van der Waals surface area contributed by atoms with Crippen molar-refractivity contribution in [3.8, 4) is 0 Å². The molecule has 0 aliphatic carbocycles. The molecule has 0 aromatic rings. The lowest BCUT2D eigenvalue weighted by Crippen LogP contribution is -2.41. The van der Waals surface area contributed by atoms with Gasteiger partial charge in [-0.25, -0.2) is 0 Å². The molecule has 0 saturated heterocycles. The monoisotopic (exact) mass is 418 g/mol. The molecule has 0 amide bonds. The first-order valence-electron chi connectivity index (χ1n) is 12.0. The van der Waals surface area contributed by atoms with Crippen LogP contribution in [0, 0.1) is 11.8 Å². The van der Waals surface area contributed by atoms with Crippen LogP contribution in [0.2, 0.25) is 0 Å². The first-order valence-corrected chi connectivity index (χ1v) is 12.0. The van der Waals surface area contributed by atoms with E-state index in [2.05, 4.69) is 27.7 Å². The third-order valence-electron chi connectivity index (χ3n) is 5.62. The van der Waals surface area contributed by atoms with E-state index >= 15 is 0 Å². The molecule has 176 valence electrons. The van der Waals surface area contributed by atoms with Crippen LogP contribution in [0.5, 0.6) is 0 Å². The average molecular weight is 419 g/mol. The Bertz CT molecular complexity index is 316. The Hall–Kier alpha value is -0.200. The van der Waals surface area contributed by atoms with Crippen molar-refractivity contribution in [2.24, 2.45) is 11.8 Å². The van der Waals surface area contributed by atoms with Gasteiger partial charge in [-0.3, -0.25) is 0 Å². The Morgan fingerprint density at radius 1 is 0.517 bits per heavy atom. The summed E-state index contributed by atoms with van der Waals surface area (Å²) in [5, 5.41) is 39.1. The van der Waals surface area contributed by atoms with Gasteiger partial charge >= 0.3 is 0 Å². The molecule has 0 saturated carbocycles. The molecule has 0 bridgehead atoms. The number of unbranched alkanes of at least 4 members (excludes halogenated alkanes) is 6. The minimum Gasteiger partial charge on any atom is -0.394 e. The van der Waals surface area contributed by atoms with E-state index in [1.807, 2.05) is 0 Å². The van der Waals surface area contributed by atoms with Gasteiger partial charge in [0.2, 0.25) is 0 Å². The largest absolute Gasteiger partial charge is 0.394 e. The smallest absolute Gasteiger partial charge is 0.103 e. The zero-order valence-corrected chi connectivity index (χ0v) is 19.6. The van der Waals surface area contributed by atoms with E-state index in [0.29, 0.717) is 12.8 Å². The highest BCUT2D eigenvalue weighted by Crippen LogP contribution is 2.20. The van der Waals surface area contributed by atoms with Crippen LogP contribution in [0.15, 0.2) is 0 Å². The summed E-state index contributed by atoms with van der Waals surface area (Å²) in [5.41, 5.74) is 0. The molecule has 0 aromatic heterocycles. The standard InChI is InChI=1S/C24H50O5/c1-19(2)13-9-5-7-11-15-23(21(27)17-25)29-24(22(28)18-26)16-12-8-6-10-14-20(3)4/h19-28H,5-18H2,1-4H3. The summed E-state index contributed by atoms with van der Waals surface area (Å²) < 4.78 is 6.03. The third-order valence-corrected chi connectivity index (χ3v) is 5.62. The van der Waals surface area contributed by atoms with Crippen LogP contribution >= 0.6 is 0 Å². The molecular weight excluding hydrogens is 368 g/mol. The second-order valence-electron chi connectivity index (χ2n) is 9.48. The Labute approximate surface area is 179 Å². The minimum atomic E-state index is -0.954. The predicted molar refractivity (Wildman–Crippen MR) is 120 cm³/mol. The third kappa shape index (κ3) is 16.2. The molecule has 0 heterocycles. The molecule has 5 nitrogen and oxygen atoms in total. The van der Waals surface area contributed by atoms with Crippen LogP contribution in [0.25, 0.3) is 0 Å². The molecule has 29 heavy (non-hydrogen) atoms. The normalized spacial score (nSPS) is 16.3. The molecule has 4 N–H and O–H groups in total. The topological polar surface area (TPSA) is 90.2 Å². The van der Waals surface area contributed by atoms with Crippen molar-refractivity contribution in [3.63, 3.8) is 0 Å². The Morgan fingerprint density at radius 2 is 0.828 bits per heavy atom. The van der Waals surface area contributed by atoms with Crippen LogP contribution < -0.4 is 0 Å². The first kappa shape index (κ1) is 28.8. The fraction of sp³-hybridized carbons (Fsp3) is 1.00. The minimum absolute atomic E-state index is 0.352. The zero-order chi connectivity index (χ0) is 22.1. The van der Waals surface area contributed by atoms with E-state index in [1.165, 1.54) is 38.5 Å². The van der Waals surface area contributed by atoms with E-state index < -0.39 is 24.4 Å². The highest BCUT2D eigenvalue weighted by atomic mass is 16.5. The second kappa shape index (κ2) is 18.6. The Kier molecular flexibility index (Phi) is 18.4. The summed E-state index contributed by atoms with van der Waals surface area (Å²) in [5.74, 6) is 1.46. The molecule has 0 aromatic carbocycles. The van der Waals surface area contributed by atoms with Gasteiger partial charge in [0.25, 0.3) is 0 Å². The lowest BCUT2D eigenvalue weighted by Gasteiger charge is -2.30. The van der Waals surface area contributed by atoms with E-state index in [1.54, 1.807) is 0 Å². The molecule has 0 rings (SSSR count). The molecule has 0 fully saturated rings. The molecule has 5 heteroatoms. The van der Waals surface area contributed by atoms with E-state index in [0.717, 1.165) is 37.5 Å². The van der Waals surface area contributed by atoms with Gasteiger partial charge in [0.1, 0.15) is 12.2 Å². The number of hydrogen-bond donors (Lipinski definition) is 4. The SMILES string of the molecule is CC(C)CCCCCCC(OC(CCCCCCC(C)C)C(O)CO)C(O)CO. The molecule has 0 aliphatic heterocycles. The van der Waals surface area contributed by atoms with Crippen molar-refractivity contribution in [1.29, 1.82) is 0 Å². The molecule has 4 unspecified atom stereocenters. The van der Waals surface area contributed by atoms with Gasteiger partial charge in [-0.05, 0) is 24.7 Å². The summed E-state index contributed by atoms with van der Waals surface area (Å²) in [6, 6.07) is 0. The number of aliphatic hydroxyl groups excluding tert-OH is 4. The number of ether oxygens (including phenoxy) is 1. The van der Waals surface area contributed by atoms with Crippen molar-refractivity contribution >= 4 is 0 Å². The van der Waals surface area contributed by atoms with Gasteiger partial charge in [0.05, 0.1) is 25.4 Å². The van der Waals surface area contributed by atoms with E-state index in [-0.39, 0.29) is 13.2 Å². The predicted octanol–water partition coefficient (Wildman–Crippen LogP) is 4.44. The van der Waals surface area contributed by atoms with Crippen molar-refractivity contribution in [3.05, 3.63) is 0 Å². The van der Waals surface area contributed by atoms with Gasteiger partial charge < -0.3 is 25.2 Å². The number of hydrogen-bond acceptors (Lipinski definition) is 5. The van der Waals surface area contributed by atoms with Gasteiger partial charge in [0, 0.05) is 0 Å². The Balaban J connectivity index is 4.40. The van der Waals surface area contributed by atoms with Crippen LogP contribution in [0.3, 0.4) is 0 Å². The number of rotatable bonds is 20. The van der Waals surface area contributed by atoms with Gasteiger partial charge in [0.15, 0.2) is 0 Å². The zero-order valence-electron chi connectivity index (χ0n) is 19.6. The molecular formula is C24H50O5. The van der Waals surface area contributed by atoms with E-state index in [9.17, 15) is 20.4 Å². The van der Waals surface area contributed by atoms with Crippen molar-refractivity contribution in [2.75, 3.05) is 13.2 Å². The lowest BCUT2D eigenvalue weighted by atomic mass is 10.00. The number of aliphatic hydroxyl groups is 4. The van der Waals surface area contributed by atoms with E-state index in [4.69, 9.17) is 4.74 Å². The fourth-order valence-electron chi connectivity index (χ4n) is 3.67. The van der Waals surface area contributed by atoms with Crippen LogP contribution in [-0.2, 0) is 4.74 Å². The van der Waals surface area contributed by atoms with Gasteiger partial charge in [-0.1, -0.05) is 91.9 Å². The molecule has 4 atom stereocenters. The van der Waals surface area contributed by atoms with Crippen molar-refractivity contribution < 1.29 is 25.2 Å². The summed E-state index contributed by atoms with van der Waals surface area (Å²) in [4.78, 5) is 0. The summed E-state index contributed by atoms with van der Waals surface area (Å²) in [7, 11) is 0. The quantitative estimate of drug-likeness (QED) is 0.219. The highest BCUT2D eigenvalue weighted by molar-refractivity contribution is 4.75. The van der Waals surface area contributed by atoms with Crippen molar-refractivity contribution in [1.82, 2.24) is 0 Å². The maximum Gasteiger partial charge on any atom is 0.103 e. The van der Waals surface area contributed by atoms with Crippen molar-refractivity contribution in [2.45, 2.75) is 129 Å². The molecule has 0 radical (unpaired) electrons. The van der Waals surface area contributed by atoms with Crippen LogP contribution in [0.4, 0.5) is 0 Å². The Morgan fingerprint density at radius 3 is 1.10 bits per heavy atom. The first-order chi connectivity index (χ1) is 13.8. The second-order valence-corrected chi connectivity index (χ2v) is 9.48. The van der Waals surface area contributed by atoms with Crippen LogP contribution in [-0.4, -0.2) is 58.1 Å². The lowest BCUT2D eigenvalue weighted by molar-refractivity contribution is -0.137. The summed E-state index contributed by atoms with van der Waals surface area (Å²) in [6.45, 7) is 8.23. The van der Waals surface area contributed by atoms with Gasteiger partial charge in [-0.15, -0.1) is 0 Å². The van der Waals surface area contributed by atoms with Gasteiger partial charge in [-0.2, -0.15) is 0 Å². The fourth-order valence-corrected chi connectivity index (χ4v) is 3.67.